The fraction of sp³-hybridized carbons (Fsp3) is 0.654. The largest absolute Gasteiger partial charge is 0.598 e. The number of amides is 1. The number of hydrogen-bond acceptors (Lipinski definition) is 6. The lowest BCUT2D eigenvalue weighted by Gasteiger charge is -2.33. The van der Waals surface area contributed by atoms with Gasteiger partial charge in [-0.2, -0.15) is 0 Å². The molecule has 2 heterocycles. The van der Waals surface area contributed by atoms with Crippen molar-refractivity contribution in [3.8, 4) is 5.75 Å². The minimum absolute atomic E-state index is 0.0476. The third-order valence-electron chi connectivity index (χ3n) is 6.37. The summed E-state index contributed by atoms with van der Waals surface area (Å²) in [5, 5.41) is 0.784. The molecule has 0 bridgehead atoms. The molecule has 4 atom stereocenters. The van der Waals surface area contributed by atoms with Crippen molar-refractivity contribution < 1.29 is 23.6 Å². The fourth-order valence-electron chi connectivity index (χ4n) is 4.45. The van der Waals surface area contributed by atoms with Crippen LogP contribution < -0.4 is 9.46 Å². The SMILES string of the molecule is C=CCOc1cc(Cl)c(Cl)cc1C(N[S+]([O-])C(C)(C)C)C1CCCN(C(=O)[C@H]2COC(C)(C)O2)CC1. The lowest BCUT2D eigenvalue weighted by molar-refractivity contribution is -0.160. The van der Waals surface area contributed by atoms with Crippen LogP contribution in [-0.2, 0) is 25.6 Å². The predicted molar refractivity (Wildman–Crippen MR) is 145 cm³/mol. The predicted octanol–water partition coefficient (Wildman–Crippen LogP) is 5.43. The van der Waals surface area contributed by atoms with Crippen LogP contribution in [0.1, 0.15) is 65.5 Å². The summed E-state index contributed by atoms with van der Waals surface area (Å²) in [7, 11) is 0. The van der Waals surface area contributed by atoms with E-state index in [9.17, 15) is 9.35 Å². The number of carbonyl (C=O) groups excluding carboxylic acids is 1. The number of carbonyl (C=O) groups is 1. The highest BCUT2D eigenvalue weighted by Crippen LogP contribution is 2.41. The first-order valence-corrected chi connectivity index (χ1v) is 14.2. The zero-order valence-electron chi connectivity index (χ0n) is 21.8. The van der Waals surface area contributed by atoms with Gasteiger partial charge in [-0.15, -0.1) is 4.72 Å². The lowest BCUT2D eigenvalue weighted by atomic mass is 9.87. The van der Waals surface area contributed by atoms with Crippen LogP contribution in [0.3, 0.4) is 0 Å². The number of benzene rings is 1. The lowest BCUT2D eigenvalue weighted by Crippen LogP contribution is -2.44. The molecule has 0 aromatic heterocycles. The van der Waals surface area contributed by atoms with Crippen LogP contribution >= 0.6 is 23.2 Å². The van der Waals surface area contributed by atoms with Gasteiger partial charge in [0.15, 0.2) is 11.9 Å². The highest BCUT2D eigenvalue weighted by molar-refractivity contribution is 7.90. The van der Waals surface area contributed by atoms with Gasteiger partial charge >= 0.3 is 0 Å². The molecule has 1 amide bonds. The van der Waals surface area contributed by atoms with Crippen molar-refractivity contribution in [3.05, 3.63) is 40.4 Å². The summed E-state index contributed by atoms with van der Waals surface area (Å²) in [6.07, 6.45) is 3.42. The molecular formula is C26H38Cl2N2O5S. The molecule has 1 aromatic rings. The Bertz CT molecular complexity index is 940. The van der Waals surface area contributed by atoms with Crippen molar-refractivity contribution >= 4 is 40.5 Å². The standard InChI is InChI=1S/C26H38Cl2N2O5S/c1-7-13-33-21-15-20(28)19(27)14-18(21)23(29-36(32)25(2,3)4)17-9-8-11-30(12-10-17)24(31)22-16-34-26(5,6)35-22/h7,14-15,17,22-23,29H,1,8-13,16H2,2-6H3/t17?,22-,23?,36?/m1/s1. The van der Waals surface area contributed by atoms with Gasteiger partial charge in [0, 0.05) is 36.1 Å². The number of nitrogens with one attached hydrogen (secondary N) is 1. The summed E-state index contributed by atoms with van der Waals surface area (Å²) in [5.41, 5.74) is 0.794. The molecule has 1 aromatic carbocycles. The third-order valence-corrected chi connectivity index (χ3v) is 8.68. The van der Waals surface area contributed by atoms with Gasteiger partial charge in [-0.1, -0.05) is 35.9 Å². The molecule has 0 spiro atoms. The summed E-state index contributed by atoms with van der Waals surface area (Å²) in [4.78, 5) is 15.0. The second-order valence-corrected chi connectivity index (χ2v) is 13.5. The van der Waals surface area contributed by atoms with Gasteiger partial charge in [-0.3, -0.25) is 4.79 Å². The third kappa shape index (κ3) is 7.53. The first-order valence-electron chi connectivity index (χ1n) is 12.3. The van der Waals surface area contributed by atoms with Crippen LogP contribution in [-0.4, -0.2) is 58.3 Å². The molecule has 36 heavy (non-hydrogen) atoms. The Morgan fingerprint density at radius 1 is 1.33 bits per heavy atom. The molecule has 3 rings (SSSR count). The van der Waals surface area contributed by atoms with Gasteiger partial charge in [0.25, 0.3) is 5.91 Å². The van der Waals surface area contributed by atoms with E-state index in [1.165, 1.54) is 0 Å². The summed E-state index contributed by atoms with van der Waals surface area (Å²) >= 11 is 11.4. The maximum Gasteiger partial charge on any atom is 0.254 e. The molecule has 3 unspecified atom stereocenters. The molecule has 0 aliphatic carbocycles. The maximum absolute atomic E-state index is 13.3. The van der Waals surface area contributed by atoms with Crippen molar-refractivity contribution in [3.63, 3.8) is 0 Å². The van der Waals surface area contributed by atoms with Crippen molar-refractivity contribution in [1.29, 1.82) is 0 Å². The summed E-state index contributed by atoms with van der Waals surface area (Å²) in [6, 6.07) is 3.17. The number of likely N-dealkylation sites (tertiary alicyclic amines) is 1. The Hall–Kier alpha value is -1.00. The van der Waals surface area contributed by atoms with Crippen LogP contribution in [0.25, 0.3) is 0 Å². The number of hydrogen-bond donors (Lipinski definition) is 1. The van der Waals surface area contributed by atoms with E-state index in [-0.39, 0.29) is 24.5 Å². The first kappa shape index (κ1) is 29.6. The summed E-state index contributed by atoms with van der Waals surface area (Å²) in [5.74, 6) is -0.150. The maximum atomic E-state index is 13.3. The zero-order chi connectivity index (χ0) is 26.7. The molecule has 0 saturated carbocycles. The van der Waals surface area contributed by atoms with Crippen molar-refractivity contribution in [1.82, 2.24) is 9.62 Å². The Kier molecular flexibility index (Phi) is 10.0. The molecule has 0 radical (unpaired) electrons. The van der Waals surface area contributed by atoms with E-state index in [0.717, 1.165) is 18.4 Å². The Morgan fingerprint density at radius 2 is 2.03 bits per heavy atom. The van der Waals surface area contributed by atoms with E-state index in [1.54, 1.807) is 18.2 Å². The van der Waals surface area contributed by atoms with Crippen LogP contribution in [0.2, 0.25) is 10.0 Å². The molecule has 2 fully saturated rings. The molecule has 7 nitrogen and oxygen atoms in total. The molecule has 1 N–H and O–H groups in total. The number of ether oxygens (including phenoxy) is 3. The number of halogens is 2. The van der Waals surface area contributed by atoms with E-state index in [2.05, 4.69) is 11.3 Å². The summed E-state index contributed by atoms with van der Waals surface area (Å²) < 4.78 is 33.5. The van der Waals surface area contributed by atoms with Crippen LogP contribution in [0.4, 0.5) is 0 Å². The van der Waals surface area contributed by atoms with Gasteiger partial charge in [0.05, 0.1) is 22.7 Å². The Balaban J connectivity index is 1.86. The van der Waals surface area contributed by atoms with E-state index < -0.39 is 28.0 Å². The molecular weight excluding hydrogens is 523 g/mol. The van der Waals surface area contributed by atoms with Crippen LogP contribution in [0, 0.1) is 5.92 Å². The van der Waals surface area contributed by atoms with Crippen molar-refractivity contribution in [2.45, 2.75) is 76.6 Å². The van der Waals surface area contributed by atoms with Gasteiger partial charge < -0.3 is 23.7 Å². The highest BCUT2D eigenvalue weighted by atomic mass is 35.5. The number of rotatable bonds is 8. The first-order chi connectivity index (χ1) is 16.8. The average Bonchev–Trinajstić information content (AvgIpc) is 3.01. The van der Waals surface area contributed by atoms with Gasteiger partial charge in [-0.05, 0) is 65.9 Å². The highest BCUT2D eigenvalue weighted by Gasteiger charge is 2.41. The van der Waals surface area contributed by atoms with Crippen LogP contribution in [0.15, 0.2) is 24.8 Å². The van der Waals surface area contributed by atoms with E-state index in [4.69, 9.17) is 37.4 Å². The Morgan fingerprint density at radius 3 is 2.64 bits per heavy atom. The molecule has 2 saturated heterocycles. The van der Waals surface area contributed by atoms with Crippen molar-refractivity contribution in [2.75, 3.05) is 26.3 Å². The molecule has 2 aliphatic rings. The second kappa shape index (κ2) is 12.2. The summed E-state index contributed by atoms with van der Waals surface area (Å²) in [6.45, 7) is 14.9. The fourth-order valence-corrected chi connectivity index (χ4v) is 5.68. The normalized spacial score (nSPS) is 24.2. The quantitative estimate of drug-likeness (QED) is 0.337. The second-order valence-electron chi connectivity index (χ2n) is 10.7. The molecule has 2 aliphatic heterocycles. The van der Waals surface area contributed by atoms with E-state index in [1.807, 2.05) is 39.5 Å². The average molecular weight is 562 g/mol. The molecule has 10 heteroatoms. The van der Waals surface area contributed by atoms with Gasteiger partial charge in [0.2, 0.25) is 0 Å². The van der Waals surface area contributed by atoms with Gasteiger partial charge in [-0.25, -0.2) is 0 Å². The minimum Gasteiger partial charge on any atom is -0.598 e. The number of nitrogens with zero attached hydrogens (tertiary/aromatic N) is 1. The van der Waals surface area contributed by atoms with E-state index >= 15 is 0 Å². The zero-order valence-corrected chi connectivity index (χ0v) is 24.1. The Labute approximate surface area is 228 Å². The van der Waals surface area contributed by atoms with Gasteiger partial charge in [0.1, 0.15) is 17.1 Å². The molecule has 202 valence electrons. The minimum atomic E-state index is -1.35. The van der Waals surface area contributed by atoms with Crippen LogP contribution in [0.5, 0.6) is 5.75 Å². The van der Waals surface area contributed by atoms with Crippen molar-refractivity contribution in [2.24, 2.45) is 5.92 Å². The van der Waals surface area contributed by atoms with E-state index in [0.29, 0.717) is 41.9 Å². The smallest absolute Gasteiger partial charge is 0.254 e. The monoisotopic (exact) mass is 560 g/mol. The topological polar surface area (TPSA) is 83.1 Å².